The standard InChI is InChI=1S/C18H13BrCl2/c1-18(19)15-12-8-4-2-6-10(12)14(16(18)17(20)21)11-7-3-5-9-13(11)15/h2-9,14-15H,1H3/t14?,15?,18-/m1/s1. The molecule has 0 aliphatic heterocycles. The maximum Gasteiger partial charge on any atom is 0.108 e. The molecule has 2 aromatic carbocycles. The SMILES string of the molecule is C[C@]1(Br)C(=C(Cl)Cl)C2c3ccccc3C1c1ccccc12. The van der Waals surface area contributed by atoms with Crippen molar-refractivity contribution in [2.24, 2.45) is 0 Å². The second-order valence-corrected chi connectivity index (χ2v) is 8.47. The van der Waals surface area contributed by atoms with Gasteiger partial charge in [0.15, 0.2) is 0 Å². The normalized spacial score (nSPS) is 29.0. The van der Waals surface area contributed by atoms with Crippen molar-refractivity contribution < 1.29 is 0 Å². The van der Waals surface area contributed by atoms with Gasteiger partial charge in [-0.3, -0.25) is 0 Å². The van der Waals surface area contributed by atoms with Crippen molar-refractivity contribution >= 4 is 39.1 Å². The number of halogens is 3. The Kier molecular flexibility index (Phi) is 3.05. The summed E-state index contributed by atoms with van der Waals surface area (Å²) in [5, 5.41) is 0. The van der Waals surface area contributed by atoms with E-state index in [1.54, 1.807) is 0 Å². The van der Waals surface area contributed by atoms with E-state index in [9.17, 15) is 0 Å². The molecule has 0 radical (unpaired) electrons. The fraction of sp³-hybridized carbons (Fsp3) is 0.222. The minimum Gasteiger partial charge on any atom is -0.0796 e. The van der Waals surface area contributed by atoms with E-state index in [2.05, 4.69) is 71.4 Å². The first-order valence-corrected chi connectivity index (χ1v) is 8.50. The van der Waals surface area contributed by atoms with Gasteiger partial charge in [0.1, 0.15) is 4.49 Å². The number of rotatable bonds is 0. The van der Waals surface area contributed by atoms with Crippen LogP contribution in [0, 0.1) is 0 Å². The van der Waals surface area contributed by atoms with Gasteiger partial charge < -0.3 is 0 Å². The average Bonchev–Trinajstić information content (AvgIpc) is 2.45. The second kappa shape index (κ2) is 4.62. The van der Waals surface area contributed by atoms with Crippen LogP contribution in [0.15, 0.2) is 58.6 Å². The van der Waals surface area contributed by atoms with Crippen molar-refractivity contribution in [3.05, 3.63) is 80.8 Å². The van der Waals surface area contributed by atoms with E-state index >= 15 is 0 Å². The third-order valence-electron chi connectivity index (χ3n) is 4.80. The van der Waals surface area contributed by atoms with E-state index in [0.29, 0.717) is 4.49 Å². The van der Waals surface area contributed by atoms with Crippen LogP contribution in [0.5, 0.6) is 0 Å². The van der Waals surface area contributed by atoms with E-state index in [0.717, 1.165) is 5.57 Å². The van der Waals surface area contributed by atoms with Crippen LogP contribution in [0.2, 0.25) is 0 Å². The Labute approximate surface area is 142 Å². The highest BCUT2D eigenvalue weighted by atomic mass is 79.9. The van der Waals surface area contributed by atoms with Gasteiger partial charge in [0.05, 0.1) is 4.32 Å². The van der Waals surface area contributed by atoms with Gasteiger partial charge in [-0.05, 0) is 34.8 Å². The molecule has 3 aliphatic rings. The van der Waals surface area contributed by atoms with Gasteiger partial charge in [0.25, 0.3) is 0 Å². The molecule has 0 saturated heterocycles. The summed E-state index contributed by atoms with van der Waals surface area (Å²) in [6, 6.07) is 17.2. The summed E-state index contributed by atoms with van der Waals surface area (Å²) in [5.41, 5.74) is 6.48. The molecule has 106 valence electrons. The van der Waals surface area contributed by atoms with Crippen molar-refractivity contribution in [1.82, 2.24) is 0 Å². The van der Waals surface area contributed by atoms with E-state index < -0.39 is 0 Å². The molecule has 0 nitrogen and oxygen atoms in total. The highest BCUT2D eigenvalue weighted by Crippen LogP contribution is 2.63. The maximum atomic E-state index is 6.28. The van der Waals surface area contributed by atoms with Gasteiger partial charge in [-0.25, -0.2) is 0 Å². The number of hydrogen-bond donors (Lipinski definition) is 0. The van der Waals surface area contributed by atoms with E-state index in [1.165, 1.54) is 22.3 Å². The van der Waals surface area contributed by atoms with Crippen LogP contribution in [-0.4, -0.2) is 4.32 Å². The molecule has 3 aliphatic carbocycles. The summed E-state index contributed by atoms with van der Waals surface area (Å²) >= 11 is 16.5. The van der Waals surface area contributed by atoms with Crippen molar-refractivity contribution in [3.8, 4) is 0 Å². The second-order valence-electron chi connectivity index (χ2n) is 5.87. The van der Waals surface area contributed by atoms with Gasteiger partial charge in [0.2, 0.25) is 0 Å². The average molecular weight is 380 g/mol. The highest BCUT2D eigenvalue weighted by molar-refractivity contribution is 9.10. The lowest BCUT2D eigenvalue weighted by Crippen LogP contribution is -2.43. The predicted octanol–water partition coefficient (Wildman–Crippen LogP) is 6.12. The van der Waals surface area contributed by atoms with Crippen molar-refractivity contribution in [2.75, 3.05) is 0 Å². The number of hydrogen-bond acceptors (Lipinski definition) is 0. The number of alkyl halides is 1. The van der Waals surface area contributed by atoms with Gasteiger partial charge in [-0.1, -0.05) is 87.7 Å². The fourth-order valence-corrected chi connectivity index (χ4v) is 5.79. The minimum absolute atomic E-state index is 0.136. The van der Waals surface area contributed by atoms with Gasteiger partial charge in [-0.15, -0.1) is 0 Å². The minimum atomic E-state index is -0.251. The molecular weight excluding hydrogens is 367 g/mol. The van der Waals surface area contributed by atoms with Gasteiger partial charge in [-0.2, -0.15) is 0 Å². The Morgan fingerprint density at radius 1 is 0.905 bits per heavy atom. The van der Waals surface area contributed by atoms with E-state index in [4.69, 9.17) is 23.2 Å². The first kappa shape index (κ1) is 13.9. The molecule has 5 rings (SSSR count). The zero-order chi connectivity index (χ0) is 14.8. The van der Waals surface area contributed by atoms with Crippen LogP contribution in [0.3, 0.4) is 0 Å². The molecule has 0 N–H and O–H groups in total. The first-order valence-electron chi connectivity index (χ1n) is 6.95. The smallest absolute Gasteiger partial charge is 0.0796 e. The third kappa shape index (κ3) is 1.75. The van der Waals surface area contributed by atoms with E-state index in [-0.39, 0.29) is 16.2 Å². The molecule has 1 atom stereocenters. The number of allylic oxidation sites excluding steroid dienone is 1. The zero-order valence-electron chi connectivity index (χ0n) is 11.4. The number of fused-ring (bicyclic) bond motifs is 1. The molecular formula is C18H13BrCl2. The lowest BCUT2D eigenvalue weighted by Gasteiger charge is -2.51. The topological polar surface area (TPSA) is 0 Å². The van der Waals surface area contributed by atoms with Crippen LogP contribution in [-0.2, 0) is 0 Å². The molecule has 0 fully saturated rings. The third-order valence-corrected chi connectivity index (χ3v) is 6.09. The summed E-state index contributed by atoms with van der Waals surface area (Å²) in [5.74, 6) is 0.370. The Morgan fingerprint density at radius 3 is 1.76 bits per heavy atom. The summed E-state index contributed by atoms with van der Waals surface area (Å²) in [7, 11) is 0. The van der Waals surface area contributed by atoms with Crippen molar-refractivity contribution in [1.29, 1.82) is 0 Å². The molecule has 0 aromatic heterocycles. The molecule has 2 bridgehead atoms. The monoisotopic (exact) mass is 378 g/mol. The van der Waals surface area contributed by atoms with E-state index in [1.807, 2.05) is 0 Å². The Morgan fingerprint density at radius 2 is 1.33 bits per heavy atom. The maximum absolute atomic E-state index is 6.28. The lowest BCUT2D eigenvalue weighted by atomic mass is 9.57. The Hall–Kier alpha value is -0.760. The zero-order valence-corrected chi connectivity index (χ0v) is 14.5. The summed E-state index contributed by atoms with van der Waals surface area (Å²) < 4.78 is 0.132. The summed E-state index contributed by atoms with van der Waals surface area (Å²) in [4.78, 5) is 0. The Bertz CT molecular complexity index is 725. The van der Waals surface area contributed by atoms with Crippen LogP contribution in [0.4, 0.5) is 0 Å². The molecule has 3 heteroatoms. The lowest BCUT2D eigenvalue weighted by molar-refractivity contribution is 0.542. The highest BCUT2D eigenvalue weighted by Gasteiger charge is 2.53. The summed E-state index contributed by atoms with van der Waals surface area (Å²) in [6.45, 7) is 2.18. The molecule has 0 heterocycles. The molecule has 2 aromatic rings. The van der Waals surface area contributed by atoms with Crippen LogP contribution in [0.25, 0.3) is 0 Å². The first-order chi connectivity index (χ1) is 10.0. The molecule has 0 spiro atoms. The molecule has 21 heavy (non-hydrogen) atoms. The molecule has 0 unspecified atom stereocenters. The Balaban J connectivity index is 2.15. The summed E-state index contributed by atoms with van der Waals surface area (Å²) in [6.07, 6.45) is 0. The number of benzene rings is 2. The van der Waals surface area contributed by atoms with Gasteiger partial charge >= 0.3 is 0 Å². The van der Waals surface area contributed by atoms with Crippen molar-refractivity contribution in [2.45, 2.75) is 23.1 Å². The quantitative estimate of drug-likeness (QED) is 0.483. The largest absolute Gasteiger partial charge is 0.108 e. The van der Waals surface area contributed by atoms with Crippen LogP contribution < -0.4 is 0 Å². The predicted molar refractivity (Wildman–Crippen MR) is 92.6 cm³/mol. The fourth-order valence-electron chi connectivity index (χ4n) is 4.04. The van der Waals surface area contributed by atoms with Crippen LogP contribution in [0.1, 0.15) is 41.0 Å². The molecule has 0 saturated carbocycles. The van der Waals surface area contributed by atoms with Crippen LogP contribution >= 0.6 is 39.1 Å². The van der Waals surface area contributed by atoms with Gasteiger partial charge in [0, 0.05) is 11.8 Å². The van der Waals surface area contributed by atoms with Crippen molar-refractivity contribution in [3.63, 3.8) is 0 Å². The molecule has 0 amide bonds.